The molecule has 0 fully saturated rings. The second kappa shape index (κ2) is 16.8. The lowest BCUT2D eigenvalue weighted by atomic mass is 9.97. The molecule has 274 valence electrons. The summed E-state index contributed by atoms with van der Waals surface area (Å²) in [4.78, 5) is 74.0. The summed E-state index contributed by atoms with van der Waals surface area (Å²) in [5, 5.41) is 31.0. The standard InChI is InChI=1S/C37H36O15/c1-19(2)33(43)51-29-15-22(11-12-24(29)39)35(45)47-14-13-20(3)34(44)50-27-10-8-9-26(32(27)42)49-31(41)17-23-16-30(52-36(46)37(5,6)7)25(40)18-28(23)48-21(4)38/h8-13,15-16,18,39-40,42H,1,14,17H2,2-7H3. The molecule has 3 rings (SSSR count). The maximum absolute atomic E-state index is 12.9. The van der Waals surface area contributed by atoms with Crippen molar-refractivity contribution in [3.05, 3.63) is 83.5 Å². The Morgan fingerprint density at radius 1 is 0.712 bits per heavy atom. The molecule has 0 unspecified atom stereocenters. The van der Waals surface area contributed by atoms with Gasteiger partial charge >= 0.3 is 35.8 Å². The number of hydrogen-bond donors (Lipinski definition) is 3. The Kier molecular flexibility index (Phi) is 12.9. The lowest BCUT2D eigenvalue weighted by Gasteiger charge is -2.18. The predicted octanol–water partition coefficient (Wildman–Crippen LogP) is 5.02. The Bertz CT molecular complexity index is 1960. The molecule has 0 aliphatic carbocycles. The van der Waals surface area contributed by atoms with Crippen molar-refractivity contribution in [3.63, 3.8) is 0 Å². The smallest absolute Gasteiger partial charge is 0.339 e. The lowest BCUT2D eigenvalue weighted by Crippen LogP contribution is -2.25. The largest absolute Gasteiger partial charge is 0.504 e. The second-order valence-electron chi connectivity index (χ2n) is 12.1. The van der Waals surface area contributed by atoms with E-state index in [1.54, 1.807) is 20.8 Å². The SMILES string of the molecule is C=C(C)C(=O)Oc1cc(C(=O)OCC=C(C)C(=O)Oc2cccc(OC(=O)Cc3cc(OC(=O)C(C)(C)C)c(O)cc3OC(C)=O)c2O)ccc1O. The van der Waals surface area contributed by atoms with Crippen molar-refractivity contribution in [2.75, 3.05) is 6.61 Å². The number of hydrogen-bond acceptors (Lipinski definition) is 15. The highest BCUT2D eigenvalue weighted by molar-refractivity contribution is 5.93. The van der Waals surface area contributed by atoms with E-state index >= 15 is 0 Å². The van der Waals surface area contributed by atoms with Crippen LogP contribution in [0.5, 0.6) is 46.0 Å². The van der Waals surface area contributed by atoms with Gasteiger partial charge < -0.3 is 43.7 Å². The molecule has 0 aliphatic heterocycles. The summed E-state index contributed by atoms with van der Waals surface area (Å²) >= 11 is 0. The summed E-state index contributed by atoms with van der Waals surface area (Å²) in [5.41, 5.74) is -0.970. The van der Waals surface area contributed by atoms with Gasteiger partial charge in [-0.2, -0.15) is 0 Å². The van der Waals surface area contributed by atoms with E-state index in [0.717, 1.165) is 31.2 Å². The molecule has 0 saturated heterocycles. The number of benzene rings is 3. The molecule has 0 aliphatic rings. The Morgan fingerprint density at radius 3 is 1.94 bits per heavy atom. The summed E-state index contributed by atoms with van der Waals surface area (Å²) < 4.78 is 30.9. The van der Waals surface area contributed by atoms with E-state index in [4.69, 9.17) is 28.4 Å². The fourth-order valence-corrected chi connectivity index (χ4v) is 3.79. The minimum Gasteiger partial charge on any atom is -0.504 e. The van der Waals surface area contributed by atoms with Crippen molar-refractivity contribution >= 4 is 35.8 Å². The lowest BCUT2D eigenvalue weighted by molar-refractivity contribution is -0.143. The van der Waals surface area contributed by atoms with Crippen LogP contribution in [0.1, 0.15) is 57.5 Å². The highest BCUT2D eigenvalue weighted by atomic mass is 16.6. The third-order valence-corrected chi connectivity index (χ3v) is 6.61. The minimum absolute atomic E-state index is 0.00434. The maximum Gasteiger partial charge on any atom is 0.339 e. The highest BCUT2D eigenvalue weighted by Crippen LogP contribution is 2.38. The van der Waals surface area contributed by atoms with Crippen molar-refractivity contribution in [2.24, 2.45) is 5.41 Å². The quantitative estimate of drug-likeness (QED) is 0.127. The van der Waals surface area contributed by atoms with E-state index in [-0.39, 0.29) is 45.3 Å². The van der Waals surface area contributed by atoms with Gasteiger partial charge in [0.1, 0.15) is 12.4 Å². The van der Waals surface area contributed by atoms with E-state index in [2.05, 4.69) is 6.58 Å². The van der Waals surface area contributed by atoms with Gasteiger partial charge in [-0.1, -0.05) is 12.6 Å². The topological polar surface area (TPSA) is 218 Å². The van der Waals surface area contributed by atoms with E-state index in [1.165, 1.54) is 44.2 Å². The number of ether oxygens (including phenoxy) is 6. The van der Waals surface area contributed by atoms with Gasteiger partial charge in [-0.05, 0) is 77.1 Å². The molecule has 3 aromatic rings. The van der Waals surface area contributed by atoms with Crippen molar-refractivity contribution in [2.45, 2.75) is 48.0 Å². The Balaban J connectivity index is 1.68. The fraction of sp³-hybridized carbons (Fsp3) is 0.243. The molecule has 0 atom stereocenters. The van der Waals surface area contributed by atoms with Crippen LogP contribution in [0.3, 0.4) is 0 Å². The van der Waals surface area contributed by atoms with Gasteiger partial charge in [0.2, 0.25) is 5.75 Å². The molecule has 0 heterocycles. The van der Waals surface area contributed by atoms with Crippen molar-refractivity contribution < 1.29 is 72.5 Å². The molecule has 15 heteroatoms. The number of carbonyl (C=O) groups excluding carboxylic acids is 6. The number of aromatic hydroxyl groups is 3. The summed E-state index contributed by atoms with van der Waals surface area (Å²) in [7, 11) is 0. The number of phenols is 3. The van der Waals surface area contributed by atoms with Gasteiger partial charge in [-0.25, -0.2) is 14.4 Å². The van der Waals surface area contributed by atoms with Crippen LogP contribution >= 0.6 is 0 Å². The van der Waals surface area contributed by atoms with Gasteiger partial charge in [-0.3, -0.25) is 14.4 Å². The maximum atomic E-state index is 12.9. The van der Waals surface area contributed by atoms with Crippen LogP contribution in [0.4, 0.5) is 0 Å². The number of esters is 6. The van der Waals surface area contributed by atoms with E-state index in [1.807, 2.05) is 0 Å². The first-order chi connectivity index (χ1) is 24.3. The van der Waals surface area contributed by atoms with Crippen LogP contribution in [0.2, 0.25) is 0 Å². The first-order valence-corrected chi connectivity index (χ1v) is 15.3. The molecule has 15 nitrogen and oxygen atoms in total. The van der Waals surface area contributed by atoms with E-state index < -0.39 is 77.3 Å². The Labute approximate surface area is 297 Å². The summed E-state index contributed by atoms with van der Waals surface area (Å²) in [6.45, 7) is 11.7. The average Bonchev–Trinajstić information content (AvgIpc) is 3.04. The Morgan fingerprint density at radius 2 is 1.33 bits per heavy atom. The van der Waals surface area contributed by atoms with Gasteiger partial charge in [0.15, 0.2) is 34.5 Å². The van der Waals surface area contributed by atoms with Gasteiger partial charge in [0.25, 0.3) is 0 Å². The molecular weight excluding hydrogens is 684 g/mol. The third kappa shape index (κ3) is 10.9. The monoisotopic (exact) mass is 720 g/mol. The van der Waals surface area contributed by atoms with Crippen LogP contribution in [0.15, 0.2) is 72.3 Å². The van der Waals surface area contributed by atoms with E-state index in [0.29, 0.717) is 0 Å². The average molecular weight is 721 g/mol. The van der Waals surface area contributed by atoms with Gasteiger partial charge in [0, 0.05) is 29.7 Å². The van der Waals surface area contributed by atoms with Crippen LogP contribution < -0.4 is 23.7 Å². The number of phenolic OH excluding ortho intramolecular Hbond substituents is 3. The highest BCUT2D eigenvalue weighted by Gasteiger charge is 2.27. The first kappa shape index (κ1) is 39.8. The zero-order valence-electron chi connectivity index (χ0n) is 29.1. The van der Waals surface area contributed by atoms with Gasteiger partial charge in [-0.15, -0.1) is 0 Å². The van der Waals surface area contributed by atoms with Crippen LogP contribution in [0, 0.1) is 5.41 Å². The van der Waals surface area contributed by atoms with Crippen molar-refractivity contribution in [1.82, 2.24) is 0 Å². The zero-order valence-corrected chi connectivity index (χ0v) is 29.1. The predicted molar refractivity (Wildman–Crippen MR) is 180 cm³/mol. The molecule has 0 radical (unpaired) electrons. The molecule has 0 aromatic heterocycles. The molecule has 0 spiro atoms. The number of carbonyl (C=O) groups is 6. The van der Waals surface area contributed by atoms with Crippen LogP contribution in [-0.2, 0) is 35.1 Å². The minimum atomic E-state index is -0.987. The summed E-state index contributed by atoms with van der Waals surface area (Å²) in [6, 6.07) is 9.33. The van der Waals surface area contributed by atoms with Crippen molar-refractivity contribution in [3.8, 4) is 46.0 Å². The van der Waals surface area contributed by atoms with E-state index in [9.17, 15) is 44.1 Å². The zero-order chi connectivity index (χ0) is 38.9. The molecule has 3 N–H and O–H groups in total. The normalized spacial score (nSPS) is 11.2. The number of para-hydroxylation sites is 1. The fourth-order valence-electron chi connectivity index (χ4n) is 3.79. The van der Waals surface area contributed by atoms with Crippen LogP contribution in [-0.4, -0.2) is 57.7 Å². The molecule has 0 bridgehead atoms. The molecule has 0 amide bonds. The molecule has 0 saturated carbocycles. The van der Waals surface area contributed by atoms with Gasteiger partial charge in [0.05, 0.1) is 17.4 Å². The molecule has 3 aromatic carbocycles. The Hall–Kier alpha value is -6.64. The number of rotatable bonds is 12. The summed E-state index contributed by atoms with van der Waals surface area (Å²) in [5.74, 6) is -8.32. The molecular formula is C37H36O15. The molecule has 52 heavy (non-hydrogen) atoms. The van der Waals surface area contributed by atoms with Crippen molar-refractivity contribution in [1.29, 1.82) is 0 Å². The summed E-state index contributed by atoms with van der Waals surface area (Å²) in [6.07, 6.45) is 0.632. The first-order valence-electron chi connectivity index (χ1n) is 15.3. The van der Waals surface area contributed by atoms with Crippen LogP contribution in [0.25, 0.3) is 0 Å². The third-order valence-electron chi connectivity index (χ3n) is 6.61. The second-order valence-corrected chi connectivity index (χ2v) is 12.1.